The van der Waals surface area contributed by atoms with Crippen LogP contribution >= 0.6 is 15.9 Å². The standard InChI is InChI=1S/C13H19BrN2O4/c1-13(2,3)20-12(18)15-5-6-19-10-7-11(17)16(4)8-9(10)14/h7-8H,5-6H2,1-4H3,(H,15,18). The highest BCUT2D eigenvalue weighted by Gasteiger charge is 2.15. The zero-order chi connectivity index (χ0) is 15.3. The molecule has 20 heavy (non-hydrogen) atoms. The second kappa shape index (κ2) is 6.78. The molecule has 1 aromatic rings. The van der Waals surface area contributed by atoms with Crippen molar-refractivity contribution in [3.8, 4) is 5.75 Å². The van der Waals surface area contributed by atoms with Crippen LogP contribution in [-0.2, 0) is 11.8 Å². The fourth-order valence-corrected chi connectivity index (χ4v) is 1.86. The van der Waals surface area contributed by atoms with Crippen LogP contribution in [0.25, 0.3) is 0 Å². The lowest BCUT2D eigenvalue weighted by Crippen LogP contribution is -2.34. The summed E-state index contributed by atoms with van der Waals surface area (Å²) in [6.45, 7) is 5.90. The Morgan fingerprint density at radius 2 is 2.10 bits per heavy atom. The molecule has 0 aliphatic carbocycles. The zero-order valence-corrected chi connectivity index (χ0v) is 13.6. The number of ether oxygens (including phenoxy) is 2. The molecular weight excluding hydrogens is 328 g/mol. The minimum absolute atomic E-state index is 0.164. The van der Waals surface area contributed by atoms with Crippen LogP contribution in [0.2, 0.25) is 0 Å². The SMILES string of the molecule is Cn1cc(Br)c(OCCNC(=O)OC(C)(C)C)cc1=O. The van der Waals surface area contributed by atoms with Crippen molar-refractivity contribution >= 4 is 22.0 Å². The highest BCUT2D eigenvalue weighted by Crippen LogP contribution is 2.21. The molecule has 1 N–H and O–H groups in total. The Morgan fingerprint density at radius 3 is 2.70 bits per heavy atom. The maximum Gasteiger partial charge on any atom is 0.407 e. The van der Waals surface area contributed by atoms with Crippen molar-refractivity contribution in [1.29, 1.82) is 0 Å². The molecule has 6 nitrogen and oxygen atoms in total. The lowest BCUT2D eigenvalue weighted by Gasteiger charge is -2.19. The molecule has 0 aliphatic rings. The van der Waals surface area contributed by atoms with Crippen molar-refractivity contribution in [2.24, 2.45) is 7.05 Å². The number of nitrogens with one attached hydrogen (secondary N) is 1. The summed E-state index contributed by atoms with van der Waals surface area (Å²) in [5.41, 5.74) is -0.692. The van der Waals surface area contributed by atoms with Crippen LogP contribution in [0.3, 0.4) is 0 Å². The van der Waals surface area contributed by atoms with Gasteiger partial charge in [0, 0.05) is 19.3 Å². The Hall–Kier alpha value is -1.50. The van der Waals surface area contributed by atoms with Crippen LogP contribution in [0.1, 0.15) is 20.8 Å². The van der Waals surface area contributed by atoms with E-state index in [1.54, 1.807) is 34.0 Å². The summed E-state index contributed by atoms with van der Waals surface area (Å²) < 4.78 is 12.6. The number of hydrogen-bond donors (Lipinski definition) is 1. The monoisotopic (exact) mass is 346 g/mol. The summed E-state index contributed by atoms with van der Waals surface area (Å²) in [7, 11) is 1.65. The maximum absolute atomic E-state index is 11.5. The molecule has 0 radical (unpaired) electrons. The van der Waals surface area contributed by atoms with Crippen molar-refractivity contribution in [2.45, 2.75) is 26.4 Å². The molecule has 112 valence electrons. The van der Waals surface area contributed by atoms with Gasteiger partial charge in [-0.25, -0.2) is 4.79 Å². The third kappa shape index (κ3) is 5.64. The molecule has 0 saturated carbocycles. The summed E-state index contributed by atoms with van der Waals surface area (Å²) in [4.78, 5) is 22.8. The quantitative estimate of drug-likeness (QED) is 0.847. The third-order valence-electron chi connectivity index (χ3n) is 2.17. The number of pyridine rings is 1. The van der Waals surface area contributed by atoms with E-state index in [1.165, 1.54) is 10.6 Å². The van der Waals surface area contributed by atoms with Gasteiger partial charge in [0.05, 0.1) is 11.0 Å². The summed E-state index contributed by atoms with van der Waals surface area (Å²) >= 11 is 3.31. The van der Waals surface area contributed by atoms with E-state index in [0.29, 0.717) is 10.2 Å². The van der Waals surface area contributed by atoms with Gasteiger partial charge in [-0.3, -0.25) is 4.79 Å². The molecule has 1 aromatic heterocycles. The van der Waals surface area contributed by atoms with Gasteiger partial charge in [-0.2, -0.15) is 0 Å². The van der Waals surface area contributed by atoms with Crippen LogP contribution in [0.5, 0.6) is 5.75 Å². The molecule has 0 saturated heterocycles. The molecule has 1 amide bonds. The molecule has 0 bridgehead atoms. The van der Waals surface area contributed by atoms with Crippen molar-refractivity contribution in [1.82, 2.24) is 9.88 Å². The number of alkyl carbamates (subject to hydrolysis) is 1. The molecule has 1 rings (SSSR count). The van der Waals surface area contributed by atoms with E-state index in [2.05, 4.69) is 21.2 Å². The Kier molecular flexibility index (Phi) is 5.62. The number of amides is 1. The van der Waals surface area contributed by atoms with E-state index < -0.39 is 11.7 Å². The Morgan fingerprint density at radius 1 is 1.45 bits per heavy atom. The van der Waals surface area contributed by atoms with Crippen LogP contribution in [0.15, 0.2) is 21.5 Å². The third-order valence-corrected chi connectivity index (χ3v) is 2.77. The number of halogens is 1. The fourth-order valence-electron chi connectivity index (χ4n) is 1.32. The van der Waals surface area contributed by atoms with E-state index in [1.807, 2.05) is 0 Å². The second-order valence-electron chi connectivity index (χ2n) is 5.21. The summed E-state index contributed by atoms with van der Waals surface area (Å²) in [5.74, 6) is 0.444. The molecule has 7 heteroatoms. The van der Waals surface area contributed by atoms with Crippen molar-refractivity contribution < 1.29 is 14.3 Å². The Balaban J connectivity index is 2.40. The number of carbonyl (C=O) groups excluding carboxylic acids is 1. The van der Waals surface area contributed by atoms with Crippen molar-refractivity contribution in [3.63, 3.8) is 0 Å². The van der Waals surface area contributed by atoms with E-state index in [-0.39, 0.29) is 18.7 Å². The van der Waals surface area contributed by atoms with Gasteiger partial charge in [0.15, 0.2) is 0 Å². The van der Waals surface area contributed by atoms with Crippen molar-refractivity contribution in [3.05, 3.63) is 27.1 Å². The van der Waals surface area contributed by atoms with E-state index in [4.69, 9.17) is 9.47 Å². The normalized spacial score (nSPS) is 11.1. The molecule has 0 aliphatic heterocycles. The number of aromatic nitrogens is 1. The van der Waals surface area contributed by atoms with Crippen LogP contribution in [0.4, 0.5) is 4.79 Å². The van der Waals surface area contributed by atoms with Crippen LogP contribution in [-0.4, -0.2) is 29.4 Å². The average Bonchev–Trinajstić information content (AvgIpc) is 2.28. The minimum Gasteiger partial charge on any atom is -0.490 e. The number of aryl methyl sites for hydroxylation is 1. The first-order valence-electron chi connectivity index (χ1n) is 6.15. The zero-order valence-electron chi connectivity index (χ0n) is 12.0. The highest BCUT2D eigenvalue weighted by atomic mass is 79.9. The van der Waals surface area contributed by atoms with Gasteiger partial charge in [-0.05, 0) is 36.7 Å². The summed E-state index contributed by atoms with van der Waals surface area (Å²) in [6, 6.07) is 1.39. The largest absolute Gasteiger partial charge is 0.490 e. The van der Waals surface area contributed by atoms with Crippen LogP contribution in [0, 0.1) is 0 Å². The number of carbonyl (C=O) groups is 1. The topological polar surface area (TPSA) is 69.6 Å². The first-order chi connectivity index (χ1) is 9.19. The van der Waals surface area contributed by atoms with Crippen molar-refractivity contribution in [2.75, 3.05) is 13.2 Å². The van der Waals surface area contributed by atoms with Gasteiger partial charge in [0.25, 0.3) is 5.56 Å². The molecule has 0 aromatic carbocycles. The molecule has 0 unspecified atom stereocenters. The van der Waals surface area contributed by atoms with Gasteiger partial charge >= 0.3 is 6.09 Å². The Labute approximate surface area is 126 Å². The second-order valence-corrected chi connectivity index (χ2v) is 6.07. The number of rotatable bonds is 4. The smallest absolute Gasteiger partial charge is 0.407 e. The van der Waals surface area contributed by atoms with Gasteiger partial charge in [0.2, 0.25) is 0 Å². The van der Waals surface area contributed by atoms with Gasteiger partial charge in [-0.1, -0.05) is 0 Å². The minimum atomic E-state index is -0.528. The number of nitrogens with zero attached hydrogens (tertiary/aromatic N) is 1. The summed E-state index contributed by atoms with van der Waals surface area (Å²) in [6.07, 6.45) is 1.13. The molecule has 1 heterocycles. The lowest BCUT2D eigenvalue weighted by atomic mass is 10.2. The Bertz CT molecular complexity index is 534. The number of hydrogen-bond acceptors (Lipinski definition) is 4. The first kappa shape index (κ1) is 16.6. The molecule has 0 spiro atoms. The van der Waals surface area contributed by atoms with Crippen LogP contribution < -0.4 is 15.6 Å². The van der Waals surface area contributed by atoms with E-state index in [9.17, 15) is 9.59 Å². The predicted molar refractivity (Wildman–Crippen MR) is 79.1 cm³/mol. The highest BCUT2D eigenvalue weighted by molar-refractivity contribution is 9.10. The van der Waals surface area contributed by atoms with Gasteiger partial charge < -0.3 is 19.4 Å². The molecule has 0 atom stereocenters. The predicted octanol–water partition coefficient (Wildman–Crippen LogP) is 2.05. The van der Waals surface area contributed by atoms with E-state index in [0.717, 1.165) is 0 Å². The van der Waals surface area contributed by atoms with E-state index >= 15 is 0 Å². The first-order valence-corrected chi connectivity index (χ1v) is 6.94. The lowest BCUT2D eigenvalue weighted by molar-refractivity contribution is 0.0520. The maximum atomic E-state index is 11.5. The molecule has 0 fully saturated rings. The fraction of sp³-hybridized carbons (Fsp3) is 0.538. The molecular formula is C13H19BrN2O4. The summed E-state index contributed by atoms with van der Waals surface area (Å²) in [5, 5.41) is 2.57. The average molecular weight is 347 g/mol. The van der Waals surface area contributed by atoms with Gasteiger partial charge in [-0.15, -0.1) is 0 Å². The van der Waals surface area contributed by atoms with Gasteiger partial charge in [0.1, 0.15) is 18.0 Å².